The van der Waals surface area contributed by atoms with Gasteiger partial charge in [-0.3, -0.25) is 4.79 Å². The van der Waals surface area contributed by atoms with Crippen molar-refractivity contribution in [1.82, 2.24) is 4.90 Å². The monoisotopic (exact) mass is 356 g/mol. The Labute approximate surface area is 146 Å². The maximum absolute atomic E-state index is 13.1. The highest BCUT2D eigenvalue weighted by Gasteiger charge is 2.43. The quantitative estimate of drug-likeness (QED) is 0.838. The predicted molar refractivity (Wildman–Crippen MR) is 95.2 cm³/mol. The first-order valence-electron chi connectivity index (χ1n) is 9.50. The van der Waals surface area contributed by atoms with Gasteiger partial charge in [-0.2, -0.15) is 0 Å². The lowest BCUT2D eigenvalue weighted by Gasteiger charge is -2.45. The zero-order valence-corrected chi connectivity index (χ0v) is 15.8. The van der Waals surface area contributed by atoms with E-state index >= 15 is 0 Å². The van der Waals surface area contributed by atoms with E-state index in [0.29, 0.717) is 18.3 Å². The number of hydrogen-bond acceptors (Lipinski definition) is 4. The molecule has 3 saturated carbocycles. The van der Waals surface area contributed by atoms with E-state index in [4.69, 9.17) is 5.73 Å². The largest absolute Gasteiger partial charge is 0.341 e. The van der Waals surface area contributed by atoms with Crippen LogP contribution in [0.4, 0.5) is 0 Å². The number of fused-ring (bicyclic) bond motifs is 2. The summed E-state index contributed by atoms with van der Waals surface area (Å²) in [5, 5.41) is -0.398. The SMILES string of the molecule is CN(C(=O)C1CC2CCCC(C1)C2N)C1CCCCC1S(C)(=O)=O. The lowest BCUT2D eigenvalue weighted by Crippen LogP contribution is -2.53. The molecule has 2 bridgehead atoms. The van der Waals surface area contributed by atoms with Crippen LogP contribution in [0.3, 0.4) is 0 Å². The van der Waals surface area contributed by atoms with Crippen molar-refractivity contribution in [2.75, 3.05) is 13.3 Å². The van der Waals surface area contributed by atoms with Crippen molar-refractivity contribution >= 4 is 15.7 Å². The minimum atomic E-state index is -3.12. The Balaban J connectivity index is 1.72. The van der Waals surface area contributed by atoms with Gasteiger partial charge in [0, 0.05) is 31.3 Å². The Kier molecular flexibility index (Phi) is 5.26. The topological polar surface area (TPSA) is 80.5 Å². The summed E-state index contributed by atoms with van der Waals surface area (Å²) in [5.74, 6) is 1.13. The number of nitrogens with zero attached hydrogens (tertiary/aromatic N) is 1. The molecule has 0 aromatic heterocycles. The van der Waals surface area contributed by atoms with E-state index < -0.39 is 15.1 Å². The van der Waals surface area contributed by atoms with E-state index in [2.05, 4.69) is 0 Å². The Morgan fingerprint density at radius 3 is 2.17 bits per heavy atom. The van der Waals surface area contributed by atoms with Crippen LogP contribution in [-0.2, 0) is 14.6 Å². The van der Waals surface area contributed by atoms with E-state index in [0.717, 1.165) is 44.9 Å². The van der Waals surface area contributed by atoms with Crippen LogP contribution in [0.25, 0.3) is 0 Å². The third-order valence-corrected chi connectivity index (χ3v) is 8.47. The van der Waals surface area contributed by atoms with Crippen LogP contribution < -0.4 is 5.73 Å². The minimum Gasteiger partial charge on any atom is -0.341 e. The summed E-state index contributed by atoms with van der Waals surface area (Å²) in [6, 6.07) is 0.100. The van der Waals surface area contributed by atoms with Gasteiger partial charge in [0.25, 0.3) is 0 Å². The average molecular weight is 357 g/mol. The summed E-state index contributed by atoms with van der Waals surface area (Å²) < 4.78 is 24.3. The summed E-state index contributed by atoms with van der Waals surface area (Å²) >= 11 is 0. The molecule has 1 amide bonds. The third kappa shape index (κ3) is 3.50. The van der Waals surface area contributed by atoms with Crippen molar-refractivity contribution in [3.05, 3.63) is 0 Å². The molecule has 3 aliphatic rings. The van der Waals surface area contributed by atoms with Gasteiger partial charge in [0.05, 0.1) is 5.25 Å². The Morgan fingerprint density at radius 2 is 1.58 bits per heavy atom. The number of amides is 1. The molecule has 4 atom stereocenters. The maximum Gasteiger partial charge on any atom is 0.225 e. The number of rotatable bonds is 3. The van der Waals surface area contributed by atoms with Gasteiger partial charge < -0.3 is 10.6 Å². The molecule has 0 aliphatic heterocycles. The summed E-state index contributed by atoms with van der Waals surface area (Å²) in [7, 11) is -1.30. The summed E-state index contributed by atoms with van der Waals surface area (Å²) in [6.07, 6.45) is 10.0. The summed E-state index contributed by atoms with van der Waals surface area (Å²) in [6.45, 7) is 0. The van der Waals surface area contributed by atoms with E-state index in [9.17, 15) is 13.2 Å². The van der Waals surface area contributed by atoms with Gasteiger partial charge in [-0.05, 0) is 50.4 Å². The molecule has 0 radical (unpaired) electrons. The van der Waals surface area contributed by atoms with Gasteiger partial charge in [-0.25, -0.2) is 8.42 Å². The normalized spacial score (nSPS) is 40.1. The van der Waals surface area contributed by atoms with Crippen molar-refractivity contribution < 1.29 is 13.2 Å². The number of nitrogens with two attached hydrogens (primary N) is 1. The number of carbonyl (C=O) groups is 1. The van der Waals surface area contributed by atoms with E-state index in [1.54, 1.807) is 4.90 Å². The summed E-state index contributed by atoms with van der Waals surface area (Å²) in [4.78, 5) is 14.9. The van der Waals surface area contributed by atoms with Crippen LogP contribution in [0.2, 0.25) is 0 Å². The fourth-order valence-corrected chi connectivity index (χ4v) is 6.95. The molecule has 24 heavy (non-hydrogen) atoms. The van der Waals surface area contributed by atoms with E-state index in [-0.39, 0.29) is 23.9 Å². The van der Waals surface area contributed by atoms with Crippen molar-refractivity contribution in [2.45, 2.75) is 75.1 Å². The van der Waals surface area contributed by atoms with Gasteiger partial charge in [-0.15, -0.1) is 0 Å². The third-order valence-electron chi connectivity index (χ3n) is 6.82. The van der Waals surface area contributed by atoms with Gasteiger partial charge in [0.1, 0.15) is 0 Å². The highest BCUT2D eigenvalue weighted by atomic mass is 32.2. The molecule has 138 valence electrons. The van der Waals surface area contributed by atoms with Crippen molar-refractivity contribution in [3.8, 4) is 0 Å². The molecule has 0 saturated heterocycles. The van der Waals surface area contributed by atoms with Crippen LogP contribution in [0.15, 0.2) is 0 Å². The number of sulfone groups is 1. The first-order valence-corrected chi connectivity index (χ1v) is 11.5. The second-order valence-corrected chi connectivity index (χ2v) is 10.6. The predicted octanol–water partition coefficient (Wildman–Crippen LogP) is 1.95. The fraction of sp³-hybridized carbons (Fsp3) is 0.944. The zero-order chi connectivity index (χ0) is 17.5. The molecule has 3 rings (SSSR count). The fourth-order valence-electron chi connectivity index (χ4n) is 5.46. The molecule has 3 aliphatic carbocycles. The lowest BCUT2D eigenvalue weighted by molar-refractivity contribution is -0.139. The molecule has 0 heterocycles. The first kappa shape index (κ1) is 18.2. The lowest BCUT2D eigenvalue weighted by atomic mass is 9.65. The number of carbonyl (C=O) groups excluding carboxylic acids is 1. The van der Waals surface area contributed by atoms with Gasteiger partial charge in [-0.1, -0.05) is 19.3 Å². The Bertz CT molecular complexity index is 563. The van der Waals surface area contributed by atoms with Crippen molar-refractivity contribution in [2.24, 2.45) is 23.5 Å². The maximum atomic E-state index is 13.1. The highest BCUT2D eigenvalue weighted by Crippen LogP contribution is 2.43. The first-order chi connectivity index (χ1) is 11.3. The molecule has 2 N–H and O–H groups in total. The molecule has 4 unspecified atom stereocenters. The van der Waals surface area contributed by atoms with Gasteiger partial charge >= 0.3 is 0 Å². The van der Waals surface area contributed by atoms with Crippen LogP contribution >= 0.6 is 0 Å². The smallest absolute Gasteiger partial charge is 0.225 e. The standard InChI is InChI=1S/C18H32N2O3S/c1-20(15-8-3-4-9-16(15)24(2,22)23)18(21)14-10-12-6-5-7-13(11-14)17(12)19/h12-17H,3-11,19H2,1-2H3. The van der Waals surface area contributed by atoms with Crippen LogP contribution in [0.1, 0.15) is 57.8 Å². The summed E-state index contributed by atoms with van der Waals surface area (Å²) in [5.41, 5.74) is 6.34. The van der Waals surface area contributed by atoms with Crippen molar-refractivity contribution in [1.29, 1.82) is 0 Å². The molecular weight excluding hydrogens is 324 g/mol. The minimum absolute atomic E-state index is 0.0345. The zero-order valence-electron chi connectivity index (χ0n) is 15.0. The van der Waals surface area contributed by atoms with E-state index in [1.807, 2.05) is 7.05 Å². The molecule has 0 aromatic rings. The molecule has 0 aromatic carbocycles. The van der Waals surface area contributed by atoms with Gasteiger partial charge in [0.2, 0.25) is 5.91 Å². The Hall–Kier alpha value is -0.620. The average Bonchev–Trinajstić information content (AvgIpc) is 2.52. The van der Waals surface area contributed by atoms with Crippen LogP contribution in [-0.4, -0.2) is 49.9 Å². The van der Waals surface area contributed by atoms with E-state index in [1.165, 1.54) is 12.7 Å². The molecule has 0 spiro atoms. The molecular formula is C18H32N2O3S. The second kappa shape index (κ2) is 6.94. The molecule has 5 nitrogen and oxygen atoms in total. The van der Waals surface area contributed by atoms with Gasteiger partial charge in [0.15, 0.2) is 9.84 Å². The van der Waals surface area contributed by atoms with Crippen LogP contribution in [0, 0.1) is 17.8 Å². The van der Waals surface area contributed by atoms with Crippen LogP contribution in [0.5, 0.6) is 0 Å². The highest BCUT2D eigenvalue weighted by molar-refractivity contribution is 7.91. The van der Waals surface area contributed by atoms with Crippen molar-refractivity contribution in [3.63, 3.8) is 0 Å². The number of hydrogen-bond donors (Lipinski definition) is 1. The molecule has 6 heteroatoms. The molecule has 3 fully saturated rings. The Morgan fingerprint density at radius 1 is 1.00 bits per heavy atom. The second-order valence-electron chi connectivity index (χ2n) is 8.37.